The number of rotatable bonds is 0. The van der Waals surface area contributed by atoms with Crippen LogP contribution < -0.4 is 10.6 Å². The number of fused-ring (bicyclic) bond motifs is 3. The van der Waals surface area contributed by atoms with Crippen molar-refractivity contribution in [2.45, 2.75) is 6.42 Å². The Morgan fingerprint density at radius 1 is 1.27 bits per heavy atom. The second-order valence-electron chi connectivity index (χ2n) is 3.56. The lowest BCUT2D eigenvalue weighted by atomic mass is 10.0. The molecule has 0 amide bonds. The van der Waals surface area contributed by atoms with Crippen LogP contribution >= 0.6 is 0 Å². The SMILES string of the molecule is N#CC1=CN=c2c(ccc3c2=CN=C3)C1. The summed E-state index contributed by atoms with van der Waals surface area (Å²) in [6.07, 6.45) is 5.97. The maximum absolute atomic E-state index is 8.80. The molecule has 2 heterocycles. The van der Waals surface area contributed by atoms with Gasteiger partial charge in [-0.2, -0.15) is 5.26 Å². The Morgan fingerprint density at radius 3 is 3.07 bits per heavy atom. The topological polar surface area (TPSA) is 48.5 Å². The molecule has 2 aliphatic heterocycles. The fourth-order valence-electron chi connectivity index (χ4n) is 1.87. The van der Waals surface area contributed by atoms with Gasteiger partial charge in [0.05, 0.1) is 17.0 Å². The van der Waals surface area contributed by atoms with E-state index in [0.29, 0.717) is 12.0 Å². The van der Waals surface area contributed by atoms with Crippen molar-refractivity contribution < 1.29 is 0 Å². The van der Waals surface area contributed by atoms with Crippen molar-refractivity contribution in [1.82, 2.24) is 0 Å². The molecule has 0 N–H and O–H groups in total. The van der Waals surface area contributed by atoms with E-state index in [0.717, 1.165) is 21.7 Å². The Morgan fingerprint density at radius 2 is 2.20 bits per heavy atom. The maximum atomic E-state index is 8.80. The molecule has 0 radical (unpaired) electrons. The lowest BCUT2D eigenvalue weighted by molar-refractivity contribution is 1.07. The predicted molar refractivity (Wildman–Crippen MR) is 56.7 cm³/mol. The zero-order chi connectivity index (χ0) is 10.3. The molecule has 0 spiro atoms. The van der Waals surface area contributed by atoms with Gasteiger partial charge in [0, 0.05) is 35.8 Å². The first-order valence-corrected chi connectivity index (χ1v) is 4.71. The highest BCUT2D eigenvalue weighted by atomic mass is 14.7. The molecule has 0 saturated carbocycles. The Kier molecular flexibility index (Phi) is 1.57. The van der Waals surface area contributed by atoms with E-state index in [1.807, 2.05) is 24.5 Å². The average Bonchev–Trinajstić information content (AvgIpc) is 2.76. The van der Waals surface area contributed by atoms with Crippen LogP contribution in [0, 0.1) is 11.3 Å². The van der Waals surface area contributed by atoms with Gasteiger partial charge in [0.25, 0.3) is 0 Å². The molecule has 0 aromatic heterocycles. The van der Waals surface area contributed by atoms with Crippen molar-refractivity contribution in [2.75, 3.05) is 0 Å². The van der Waals surface area contributed by atoms with E-state index in [2.05, 4.69) is 16.1 Å². The molecule has 1 aromatic rings. The first kappa shape index (κ1) is 8.13. The molecule has 0 atom stereocenters. The van der Waals surface area contributed by atoms with Gasteiger partial charge in [-0.05, 0) is 5.56 Å². The molecule has 1 aromatic carbocycles. The van der Waals surface area contributed by atoms with E-state index in [-0.39, 0.29) is 0 Å². The highest BCUT2D eigenvalue weighted by Crippen LogP contribution is 2.07. The molecular weight excluding hydrogens is 186 g/mol. The minimum Gasteiger partial charge on any atom is -0.263 e. The Bertz CT molecular complexity index is 657. The maximum Gasteiger partial charge on any atom is 0.0966 e. The van der Waals surface area contributed by atoms with Crippen molar-refractivity contribution in [3.8, 4) is 6.07 Å². The molecule has 3 rings (SSSR count). The van der Waals surface area contributed by atoms with E-state index >= 15 is 0 Å². The Hall–Kier alpha value is -2.21. The molecule has 2 aliphatic rings. The smallest absolute Gasteiger partial charge is 0.0966 e. The van der Waals surface area contributed by atoms with Crippen molar-refractivity contribution in [2.24, 2.45) is 9.98 Å². The van der Waals surface area contributed by atoms with Crippen LogP contribution in [0.3, 0.4) is 0 Å². The molecule has 0 fully saturated rings. The largest absolute Gasteiger partial charge is 0.263 e. The van der Waals surface area contributed by atoms with E-state index in [9.17, 15) is 0 Å². The van der Waals surface area contributed by atoms with E-state index in [1.54, 1.807) is 6.20 Å². The summed E-state index contributed by atoms with van der Waals surface area (Å²) in [5.41, 5.74) is 2.92. The molecule has 70 valence electrons. The molecule has 0 saturated heterocycles. The van der Waals surface area contributed by atoms with Gasteiger partial charge in [-0.1, -0.05) is 12.1 Å². The quantitative estimate of drug-likeness (QED) is 0.589. The van der Waals surface area contributed by atoms with E-state index in [4.69, 9.17) is 5.26 Å². The molecule has 0 bridgehead atoms. The fourth-order valence-corrected chi connectivity index (χ4v) is 1.87. The minimum absolute atomic E-state index is 0.677. The molecule has 0 unspecified atom stereocenters. The van der Waals surface area contributed by atoms with E-state index in [1.165, 1.54) is 0 Å². The summed E-state index contributed by atoms with van der Waals surface area (Å²) in [4.78, 5) is 8.42. The third kappa shape index (κ3) is 1.12. The summed E-state index contributed by atoms with van der Waals surface area (Å²) in [6, 6.07) is 6.18. The van der Waals surface area contributed by atoms with Crippen LogP contribution in [-0.2, 0) is 6.42 Å². The Labute approximate surface area is 86.4 Å². The summed E-state index contributed by atoms with van der Waals surface area (Å²) in [5, 5.41) is 10.8. The minimum atomic E-state index is 0.677. The van der Waals surface area contributed by atoms with Gasteiger partial charge in [0.1, 0.15) is 0 Å². The molecule has 0 aliphatic carbocycles. The van der Waals surface area contributed by atoms with Crippen LogP contribution in [0.1, 0.15) is 11.1 Å². The highest BCUT2D eigenvalue weighted by Gasteiger charge is 2.10. The number of allylic oxidation sites excluding steroid dienone is 1. The summed E-state index contributed by atoms with van der Waals surface area (Å²) in [5.74, 6) is 0. The molecule has 3 nitrogen and oxygen atoms in total. The second kappa shape index (κ2) is 2.89. The third-order valence-corrected chi connectivity index (χ3v) is 2.63. The van der Waals surface area contributed by atoms with Crippen LogP contribution in [0.25, 0.3) is 6.20 Å². The summed E-state index contributed by atoms with van der Waals surface area (Å²) < 4.78 is 0. The third-order valence-electron chi connectivity index (χ3n) is 2.63. The lowest BCUT2D eigenvalue weighted by Gasteiger charge is -2.06. The van der Waals surface area contributed by atoms with Crippen molar-refractivity contribution >= 4 is 12.4 Å². The van der Waals surface area contributed by atoms with Gasteiger partial charge in [-0.3, -0.25) is 9.98 Å². The summed E-state index contributed by atoms with van der Waals surface area (Å²) in [6.45, 7) is 0. The number of hydrogen-bond acceptors (Lipinski definition) is 3. The lowest BCUT2D eigenvalue weighted by Crippen LogP contribution is -2.32. The monoisotopic (exact) mass is 193 g/mol. The van der Waals surface area contributed by atoms with Crippen molar-refractivity contribution in [1.29, 1.82) is 5.26 Å². The number of hydrogen-bond donors (Lipinski definition) is 0. The zero-order valence-electron chi connectivity index (χ0n) is 7.94. The number of benzene rings is 1. The van der Waals surface area contributed by atoms with Crippen LogP contribution in [0.15, 0.2) is 33.9 Å². The van der Waals surface area contributed by atoms with Gasteiger partial charge in [-0.25, -0.2) is 0 Å². The second-order valence-corrected chi connectivity index (χ2v) is 3.56. The standard InChI is InChI=1S/C12H7N3/c13-4-8-3-9-1-2-10-6-14-7-11(10)12(9)15-5-8/h1-2,5-7H,3H2. The zero-order valence-corrected chi connectivity index (χ0v) is 7.94. The van der Waals surface area contributed by atoms with Crippen molar-refractivity contribution in [3.05, 3.63) is 45.6 Å². The normalized spacial score (nSPS) is 15.5. The number of aliphatic imine (C=N–C) groups is 1. The van der Waals surface area contributed by atoms with Crippen LogP contribution in [-0.4, -0.2) is 6.21 Å². The van der Waals surface area contributed by atoms with Crippen LogP contribution in [0.5, 0.6) is 0 Å². The number of nitrogens with zero attached hydrogens (tertiary/aromatic N) is 3. The summed E-state index contributed by atoms with van der Waals surface area (Å²) in [7, 11) is 0. The molecule has 3 heteroatoms. The van der Waals surface area contributed by atoms with Gasteiger partial charge < -0.3 is 0 Å². The van der Waals surface area contributed by atoms with Gasteiger partial charge in [0.15, 0.2) is 0 Å². The van der Waals surface area contributed by atoms with Gasteiger partial charge in [-0.15, -0.1) is 0 Å². The number of nitriles is 1. The highest BCUT2D eigenvalue weighted by molar-refractivity contribution is 5.85. The molecule has 15 heavy (non-hydrogen) atoms. The Balaban J connectivity index is 2.36. The van der Waals surface area contributed by atoms with Crippen molar-refractivity contribution in [3.63, 3.8) is 0 Å². The summed E-state index contributed by atoms with van der Waals surface area (Å²) >= 11 is 0. The van der Waals surface area contributed by atoms with Crippen LogP contribution in [0.4, 0.5) is 0 Å². The molecular formula is C12H7N3. The first-order chi connectivity index (χ1) is 7.38. The van der Waals surface area contributed by atoms with Gasteiger partial charge in [0.2, 0.25) is 0 Å². The van der Waals surface area contributed by atoms with Gasteiger partial charge >= 0.3 is 0 Å². The fraction of sp³-hybridized carbons (Fsp3) is 0.0833. The van der Waals surface area contributed by atoms with E-state index < -0.39 is 0 Å². The average molecular weight is 193 g/mol. The predicted octanol–water partition coefficient (Wildman–Crippen LogP) is 0.440. The first-order valence-electron chi connectivity index (χ1n) is 4.71. The van der Waals surface area contributed by atoms with Crippen LogP contribution in [0.2, 0.25) is 0 Å².